The lowest BCUT2D eigenvalue weighted by atomic mass is 10.0. The smallest absolute Gasteiger partial charge is 0.328 e. The summed E-state index contributed by atoms with van der Waals surface area (Å²) in [4.78, 5) is 29.2. The van der Waals surface area contributed by atoms with Crippen LogP contribution in [0.15, 0.2) is 60.8 Å². The van der Waals surface area contributed by atoms with E-state index in [9.17, 15) is 9.59 Å². The quantitative estimate of drug-likeness (QED) is 0.701. The highest BCUT2D eigenvalue weighted by atomic mass is 35.5. The van der Waals surface area contributed by atoms with Gasteiger partial charge in [-0.3, -0.25) is 9.78 Å². The third kappa shape index (κ3) is 4.00. The van der Waals surface area contributed by atoms with Gasteiger partial charge in [0.25, 0.3) is 5.91 Å². The third-order valence-corrected chi connectivity index (χ3v) is 4.29. The SMILES string of the molecule is COC(=O)[C@@H](Cc1ccc(Cl)cc1)NC(=O)c1ccnc2ccccc12. The molecule has 3 aromatic rings. The molecule has 0 aliphatic carbocycles. The zero-order chi connectivity index (χ0) is 18.5. The summed E-state index contributed by atoms with van der Waals surface area (Å²) in [6.45, 7) is 0. The van der Waals surface area contributed by atoms with Crippen LogP contribution in [0.25, 0.3) is 10.9 Å². The molecule has 132 valence electrons. The van der Waals surface area contributed by atoms with Gasteiger partial charge in [0, 0.05) is 23.0 Å². The molecule has 6 heteroatoms. The molecule has 5 nitrogen and oxygen atoms in total. The highest BCUT2D eigenvalue weighted by molar-refractivity contribution is 6.30. The molecule has 1 N–H and O–H groups in total. The molecule has 0 aliphatic heterocycles. The molecule has 2 aromatic carbocycles. The Labute approximate surface area is 156 Å². The van der Waals surface area contributed by atoms with E-state index in [1.165, 1.54) is 7.11 Å². The number of pyridine rings is 1. The lowest BCUT2D eigenvalue weighted by Crippen LogP contribution is -2.43. The number of ether oxygens (including phenoxy) is 1. The number of hydrogen-bond acceptors (Lipinski definition) is 4. The van der Waals surface area contributed by atoms with Crippen molar-refractivity contribution in [3.63, 3.8) is 0 Å². The summed E-state index contributed by atoms with van der Waals surface area (Å²) in [7, 11) is 1.30. The Morgan fingerprint density at radius 3 is 2.58 bits per heavy atom. The van der Waals surface area contributed by atoms with Gasteiger partial charge in [-0.25, -0.2) is 4.79 Å². The summed E-state index contributed by atoms with van der Waals surface area (Å²) in [5.74, 6) is -0.861. The van der Waals surface area contributed by atoms with Crippen molar-refractivity contribution in [1.82, 2.24) is 10.3 Å². The van der Waals surface area contributed by atoms with Crippen LogP contribution in [0, 0.1) is 0 Å². The molecule has 1 atom stereocenters. The van der Waals surface area contributed by atoms with Gasteiger partial charge in [0.2, 0.25) is 0 Å². The molecule has 0 bridgehead atoms. The molecule has 0 radical (unpaired) electrons. The van der Waals surface area contributed by atoms with Crippen molar-refractivity contribution in [1.29, 1.82) is 0 Å². The first kappa shape index (κ1) is 17.9. The minimum atomic E-state index is -0.805. The van der Waals surface area contributed by atoms with E-state index < -0.39 is 12.0 Å². The molecular formula is C20H17ClN2O3. The second-order valence-corrected chi connectivity index (χ2v) is 6.19. The van der Waals surface area contributed by atoms with Crippen molar-refractivity contribution in [3.05, 3.63) is 76.9 Å². The predicted molar refractivity (Wildman–Crippen MR) is 100 cm³/mol. The van der Waals surface area contributed by atoms with Crippen LogP contribution in [-0.4, -0.2) is 30.0 Å². The zero-order valence-electron chi connectivity index (χ0n) is 14.1. The topological polar surface area (TPSA) is 68.3 Å². The number of fused-ring (bicyclic) bond motifs is 1. The molecule has 1 amide bonds. The largest absolute Gasteiger partial charge is 0.467 e. The zero-order valence-corrected chi connectivity index (χ0v) is 14.9. The fourth-order valence-electron chi connectivity index (χ4n) is 2.72. The van der Waals surface area contributed by atoms with Gasteiger partial charge in [-0.05, 0) is 29.8 Å². The number of rotatable bonds is 5. The number of carbonyl (C=O) groups excluding carboxylic acids is 2. The number of amides is 1. The van der Waals surface area contributed by atoms with Gasteiger partial charge >= 0.3 is 5.97 Å². The summed E-state index contributed by atoms with van der Waals surface area (Å²) in [6, 6.07) is 15.3. The number of benzene rings is 2. The average Bonchev–Trinajstić information content (AvgIpc) is 2.68. The molecule has 1 heterocycles. The second kappa shape index (κ2) is 7.97. The van der Waals surface area contributed by atoms with E-state index in [0.717, 1.165) is 10.9 Å². The highest BCUT2D eigenvalue weighted by Gasteiger charge is 2.23. The van der Waals surface area contributed by atoms with Crippen molar-refractivity contribution in [3.8, 4) is 0 Å². The van der Waals surface area contributed by atoms with Crippen LogP contribution in [0.5, 0.6) is 0 Å². The molecular weight excluding hydrogens is 352 g/mol. The van der Waals surface area contributed by atoms with E-state index in [1.807, 2.05) is 36.4 Å². The summed E-state index contributed by atoms with van der Waals surface area (Å²) in [5.41, 5.74) is 2.04. The standard InChI is InChI=1S/C20H17ClN2O3/c1-26-20(25)18(12-13-6-8-14(21)9-7-13)23-19(24)16-10-11-22-17-5-3-2-4-15(16)17/h2-11,18H,12H2,1H3,(H,23,24)/t18-/m1/s1. The molecule has 0 saturated carbocycles. The highest BCUT2D eigenvalue weighted by Crippen LogP contribution is 2.17. The minimum Gasteiger partial charge on any atom is -0.467 e. The van der Waals surface area contributed by atoms with Crippen molar-refractivity contribution in [2.45, 2.75) is 12.5 Å². The lowest BCUT2D eigenvalue weighted by molar-refractivity contribution is -0.142. The Morgan fingerprint density at radius 1 is 1.12 bits per heavy atom. The van der Waals surface area contributed by atoms with Crippen LogP contribution >= 0.6 is 11.6 Å². The number of halogens is 1. The first-order valence-electron chi connectivity index (χ1n) is 8.05. The van der Waals surface area contributed by atoms with Gasteiger partial charge in [0.1, 0.15) is 6.04 Å². The van der Waals surface area contributed by atoms with E-state index in [-0.39, 0.29) is 5.91 Å². The number of methoxy groups -OCH3 is 1. The monoisotopic (exact) mass is 368 g/mol. The summed E-state index contributed by atoms with van der Waals surface area (Å²) in [6.07, 6.45) is 1.88. The second-order valence-electron chi connectivity index (χ2n) is 5.76. The van der Waals surface area contributed by atoms with Crippen molar-refractivity contribution in [2.24, 2.45) is 0 Å². The van der Waals surface area contributed by atoms with E-state index in [0.29, 0.717) is 22.5 Å². The molecule has 0 fully saturated rings. The van der Waals surface area contributed by atoms with Crippen LogP contribution in [0.1, 0.15) is 15.9 Å². The molecule has 1 aromatic heterocycles. The normalized spacial score (nSPS) is 11.8. The van der Waals surface area contributed by atoms with Crippen molar-refractivity contribution < 1.29 is 14.3 Å². The van der Waals surface area contributed by atoms with Gasteiger partial charge < -0.3 is 10.1 Å². The van der Waals surface area contributed by atoms with Crippen molar-refractivity contribution in [2.75, 3.05) is 7.11 Å². The lowest BCUT2D eigenvalue weighted by Gasteiger charge is -2.17. The Hall–Kier alpha value is -2.92. The van der Waals surface area contributed by atoms with Crippen LogP contribution < -0.4 is 5.32 Å². The molecule has 3 rings (SSSR count). The Morgan fingerprint density at radius 2 is 1.85 bits per heavy atom. The van der Waals surface area contributed by atoms with Crippen LogP contribution in [0.3, 0.4) is 0 Å². The minimum absolute atomic E-state index is 0.304. The van der Waals surface area contributed by atoms with Crippen LogP contribution in [0.2, 0.25) is 5.02 Å². The predicted octanol–water partition coefficient (Wildman–Crippen LogP) is 3.40. The molecule has 0 unspecified atom stereocenters. The molecule has 0 spiro atoms. The number of esters is 1. The number of para-hydroxylation sites is 1. The maximum atomic E-state index is 12.8. The summed E-state index contributed by atoms with van der Waals surface area (Å²) >= 11 is 5.89. The van der Waals surface area contributed by atoms with E-state index in [2.05, 4.69) is 10.3 Å². The number of nitrogens with one attached hydrogen (secondary N) is 1. The third-order valence-electron chi connectivity index (χ3n) is 4.04. The van der Waals surface area contributed by atoms with Gasteiger partial charge in [-0.1, -0.05) is 41.9 Å². The van der Waals surface area contributed by atoms with E-state index in [1.54, 1.807) is 24.4 Å². The molecule has 0 aliphatic rings. The number of hydrogen-bond donors (Lipinski definition) is 1. The Bertz CT molecular complexity index is 936. The molecule has 0 saturated heterocycles. The van der Waals surface area contributed by atoms with Crippen LogP contribution in [-0.2, 0) is 16.0 Å². The number of carbonyl (C=O) groups is 2. The van der Waals surface area contributed by atoms with Gasteiger partial charge in [0.15, 0.2) is 0 Å². The van der Waals surface area contributed by atoms with Gasteiger partial charge in [-0.15, -0.1) is 0 Å². The fraction of sp³-hybridized carbons (Fsp3) is 0.150. The first-order valence-corrected chi connectivity index (χ1v) is 8.43. The van der Waals surface area contributed by atoms with Gasteiger partial charge in [-0.2, -0.15) is 0 Å². The van der Waals surface area contributed by atoms with E-state index >= 15 is 0 Å². The molecule has 26 heavy (non-hydrogen) atoms. The maximum Gasteiger partial charge on any atom is 0.328 e. The van der Waals surface area contributed by atoms with Gasteiger partial charge in [0.05, 0.1) is 18.2 Å². The maximum absolute atomic E-state index is 12.8. The average molecular weight is 369 g/mol. The van der Waals surface area contributed by atoms with E-state index in [4.69, 9.17) is 16.3 Å². The summed E-state index contributed by atoms with van der Waals surface area (Å²) < 4.78 is 4.84. The summed E-state index contributed by atoms with van der Waals surface area (Å²) in [5, 5.41) is 4.10. The first-order chi connectivity index (χ1) is 12.6. The van der Waals surface area contributed by atoms with Crippen molar-refractivity contribution >= 4 is 34.4 Å². The Kier molecular flexibility index (Phi) is 5.49. The Balaban J connectivity index is 1.85. The fourth-order valence-corrected chi connectivity index (χ4v) is 2.85. The van der Waals surface area contributed by atoms with Crippen LogP contribution in [0.4, 0.5) is 0 Å². The number of nitrogens with zero attached hydrogens (tertiary/aromatic N) is 1. The number of aromatic nitrogens is 1.